The lowest BCUT2D eigenvalue weighted by Crippen LogP contribution is -2.55. The number of rotatable bonds is 6. The van der Waals surface area contributed by atoms with Gasteiger partial charge in [-0.3, -0.25) is 9.59 Å². The van der Waals surface area contributed by atoms with E-state index >= 15 is 0 Å². The average Bonchev–Trinajstić information content (AvgIpc) is 2.42. The predicted molar refractivity (Wildman–Crippen MR) is 86.4 cm³/mol. The fourth-order valence-electron chi connectivity index (χ4n) is 2.51. The van der Waals surface area contributed by atoms with E-state index in [-0.39, 0.29) is 11.7 Å². The van der Waals surface area contributed by atoms with Gasteiger partial charge in [-0.1, -0.05) is 39.0 Å². The molecule has 0 bridgehead atoms. The van der Waals surface area contributed by atoms with Gasteiger partial charge in [0.15, 0.2) is 11.4 Å². The van der Waals surface area contributed by atoms with Crippen LogP contribution in [0.1, 0.15) is 48.0 Å². The average molecular weight is 308 g/mol. The zero-order chi connectivity index (χ0) is 17.0. The van der Waals surface area contributed by atoms with Crippen LogP contribution in [0.5, 0.6) is 0 Å². The summed E-state index contributed by atoms with van der Waals surface area (Å²) in [4.78, 5) is 25.3. The molecule has 0 saturated heterocycles. The summed E-state index contributed by atoms with van der Waals surface area (Å²) in [6, 6.07) is 0. The summed E-state index contributed by atoms with van der Waals surface area (Å²) in [5.74, 6) is -1.53. The number of carbonyl (C=O) groups excluding carboxylic acids is 2. The third-order valence-electron chi connectivity index (χ3n) is 3.31. The third-order valence-corrected chi connectivity index (χ3v) is 3.31. The summed E-state index contributed by atoms with van der Waals surface area (Å²) >= 11 is 0. The fraction of sp³-hybridized carbons (Fsp3) is 0.667. The lowest BCUT2D eigenvalue weighted by atomic mass is 9.76. The first-order valence-electron chi connectivity index (χ1n) is 7.91. The number of ketones is 1. The van der Waals surface area contributed by atoms with Crippen LogP contribution < -0.4 is 0 Å². The second-order valence-electron chi connectivity index (χ2n) is 6.92. The van der Waals surface area contributed by atoms with Crippen molar-refractivity contribution >= 4 is 11.8 Å². The molecule has 0 fully saturated rings. The molecular weight excluding hydrogens is 280 g/mol. The van der Waals surface area contributed by atoms with E-state index in [4.69, 9.17) is 9.47 Å². The summed E-state index contributed by atoms with van der Waals surface area (Å²) in [5, 5.41) is 0. The number of hydrogen-bond donors (Lipinski definition) is 0. The van der Waals surface area contributed by atoms with Crippen molar-refractivity contribution in [2.24, 2.45) is 11.8 Å². The standard InChI is InChI=1S/C18H28O4/c1-7-12-21-16(20)14-10-8-9-11-18(14,15(19)13(2)3)22-17(4,5)6/h8-11,13-14H,7,12H2,1-6H3. The van der Waals surface area contributed by atoms with Crippen LogP contribution in [0.25, 0.3) is 0 Å². The van der Waals surface area contributed by atoms with Crippen molar-refractivity contribution in [1.82, 2.24) is 0 Å². The Bertz CT molecular complexity index is 468. The molecule has 4 nitrogen and oxygen atoms in total. The van der Waals surface area contributed by atoms with Crippen LogP contribution in [0.2, 0.25) is 0 Å². The normalized spacial score (nSPS) is 24.6. The van der Waals surface area contributed by atoms with Gasteiger partial charge < -0.3 is 9.47 Å². The maximum absolute atomic E-state index is 12.9. The lowest BCUT2D eigenvalue weighted by Gasteiger charge is -2.41. The Labute approximate surface area is 133 Å². The first kappa shape index (κ1) is 18.6. The van der Waals surface area contributed by atoms with E-state index in [2.05, 4.69) is 0 Å². The summed E-state index contributed by atoms with van der Waals surface area (Å²) in [5.41, 5.74) is -1.87. The van der Waals surface area contributed by atoms with Crippen molar-refractivity contribution in [3.05, 3.63) is 24.3 Å². The zero-order valence-electron chi connectivity index (χ0n) is 14.5. The number of allylic oxidation sites excluding steroid dienone is 2. The van der Waals surface area contributed by atoms with E-state index in [1.807, 2.05) is 41.5 Å². The van der Waals surface area contributed by atoms with E-state index in [0.717, 1.165) is 6.42 Å². The molecule has 0 spiro atoms. The Morgan fingerprint density at radius 3 is 2.36 bits per heavy atom. The topological polar surface area (TPSA) is 52.6 Å². The Hall–Kier alpha value is -1.42. The minimum absolute atomic E-state index is 0.110. The van der Waals surface area contributed by atoms with Crippen molar-refractivity contribution in [2.75, 3.05) is 6.61 Å². The minimum Gasteiger partial charge on any atom is -0.465 e. The minimum atomic E-state index is -1.30. The molecule has 0 radical (unpaired) electrons. The summed E-state index contributed by atoms with van der Waals surface area (Å²) in [7, 11) is 0. The van der Waals surface area contributed by atoms with Gasteiger partial charge in [-0.2, -0.15) is 0 Å². The molecule has 0 aromatic carbocycles. The van der Waals surface area contributed by atoms with Crippen LogP contribution in [0.4, 0.5) is 0 Å². The second-order valence-corrected chi connectivity index (χ2v) is 6.92. The van der Waals surface area contributed by atoms with Gasteiger partial charge in [-0.25, -0.2) is 0 Å². The third kappa shape index (κ3) is 4.29. The highest BCUT2D eigenvalue weighted by molar-refractivity contribution is 5.97. The fourth-order valence-corrected chi connectivity index (χ4v) is 2.51. The Kier molecular flexibility index (Phi) is 6.12. The molecule has 0 saturated carbocycles. The zero-order valence-corrected chi connectivity index (χ0v) is 14.5. The van der Waals surface area contributed by atoms with Crippen molar-refractivity contribution in [2.45, 2.75) is 59.2 Å². The van der Waals surface area contributed by atoms with Crippen LogP contribution in [0.15, 0.2) is 24.3 Å². The maximum atomic E-state index is 12.9. The highest BCUT2D eigenvalue weighted by atomic mass is 16.5. The van der Waals surface area contributed by atoms with E-state index < -0.39 is 23.1 Å². The number of hydrogen-bond acceptors (Lipinski definition) is 4. The number of Topliss-reactive ketones (excluding diaryl/α,β-unsaturated/α-hetero) is 1. The Morgan fingerprint density at radius 2 is 1.86 bits per heavy atom. The van der Waals surface area contributed by atoms with Gasteiger partial charge in [0.1, 0.15) is 5.92 Å². The molecule has 0 aromatic rings. The predicted octanol–water partition coefficient (Wildman–Crippen LogP) is 3.46. The van der Waals surface area contributed by atoms with Gasteiger partial charge in [0.25, 0.3) is 0 Å². The SMILES string of the molecule is CCCOC(=O)C1C=CC=CC1(OC(C)(C)C)C(=O)C(C)C. The highest BCUT2D eigenvalue weighted by Gasteiger charge is 2.51. The van der Waals surface area contributed by atoms with Gasteiger partial charge in [0.2, 0.25) is 0 Å². The molecule has 0 heterocycles. The Balaban J connectivity index is 3.24. The van der Waals surface area contributed by atoms with Gasteiger partial charge >= 0.3 is 5.97 Å². The van der Waals surface area contributed by atoms with Crippen molar-refractivity contribution in [3.8, 4) is 0 Å². The number of esters is 1. The summed E-state index contributed by atoms with van der Waals surface area (Å²) in [6.45, 7) is 11.5. The van der Waals surface area contributed by atoms with E-state index in [1.165, 1.54) is 0 Å². The quantitative estimate of drug-likeness (QED) is 0.705. The molecule has 1 aliphatic rings. The molecule has 2 atom stereocenters. The van der Waals surface area contributed by atoms with Crippen LogP contribution >= 0.6 is 0 Å². The molecule has 22 heavy (non-hydrogen) atoms. The lowest BCUT2D eigenvalue weighted by molar-refractivity contribution is -0.178. The van der Waals surface area contributed by atoms with Gasteiger partial charge in [0.05, 0.1) is 12.2 Å². The summed E-state index contributed by atoms with van der Waals surface area (Å²) in [6.07, 6.45) is 7.65. The van der Waals surface area contributed by atoms with Crippen molar-refractivity contribution in [3.63, 3.8) is 0 Å². The van der Waals surface area contributed by atoms with E-state index in [9.17, 15) is 9.59 Å². The number of carbonyl (C=O) groups is 2. The van der Waals surface area contributed by atoms with Crippen LogP contribution in [-0.2, 0) is 19.1 Å². The molecule has 0 amide bonds. The highest BCUT2D eigenvalue weighted by Crippen LogP contribution is 2.36. The van der Waals surface area contributed by atoms with E-state index in [0.29, 0.717) is 6.61 Å². The largest absolute Gasteiger partial charge is 0.465 e. The molecule has 0 N–H and O–H groups in total. The van der Waals surface area contributed by atoms with Crippen LogP contribution in [0.3, 0.4) is 0 Å². The monoisotopic (exact) mass is 308 g/mol. The molecule has 1 rings (SSSR count). The van der Waals surface area contributed by atoms with Crippen molar-refractivity contribution < 1.29 is 19.1 Å². The molecule has 4 heteroatoms. The smallest absolute Gasteiger partial charge is 0.316 e. The second kappa shape index (κ2) is 7.23. The summed E-state index contributed by atoms with van der Waals surface area (Å²) < 4.78 is 11.4. The molecule has 0 aliphatic heterocycles. The molecule has 2 unspecified atom stereocenters. The molecule has 1 aliphatic carbocycles. The maximum Gasteiger partial charge on any atom is 0.316 e. The molecule has 124 valence electrons. The molecule has 0 aromatic heterocycles. The van der Waals surface area contributed by atoms with Crippen LogP contribution in [0, 0.1) is 11.8 Å². The van der Waals surface area contributed by atoms with Crippen molar-refractivity contribution in [1.29, 1.82) is 0 Å². The van der Waals surface area contributed by atoms with Gasteiger partial charge in [-0.15, -0.1) is 0 Å². The van der Waals surface area contributed by atoms with Crippen LogP contribution in [-0.4, -0.2) is 29.6 Å². The first-order chi connectivity index (χ1) is 10.1. The molecular formula is C18H28O4. The number of ether oxygens (including phenoxy) is 2. The first-order valence-corrected chi connectivity index (χ1v) is 7.91. The van der Waals surface area contributed by atoms with E-state index in [1.54, 1.807) is 24.3 Å². The van der Waals surface area contributed by atoms with Gasteiger partial charge in [0, 0.05) is 5.92 Å². The van der Waals surface area contributed by atoms with Gasteiger partial charge in [-0.05, 0) is 33.3 Å². The Morgan fingerprint density at radius 1 is 1.23 bits per heavy atom.